The number of aryl methyl sites for hydroxylation is 1. The fraction of sp³-hybridized carbons (Fsp3) is 0.387. The van der Waals surface area contributed by atoms with Crippen LogP contribution in [-0.4, -0.2) is 58.5 Å². The summed E-state index contributed by atoms with van der Waals surface area (Å²) in [6.07, 6.45) is -2.24. The van der Waals surface area contributed by atoms with E-state index in [2.05, 4.69) is 42.7 Å². The van der Waals surface area contributed by atoms with Gasteiger partial charge in [0, 0.05) is 17.4 Å². The molecule has 0 aliphatic heterocycles. The van der Waals surface area contributed by atoms with Crippen LogP contribution in [0, 0.1) is 0 Å². The highest BCUT2D eigenvalue weighted by Gasteiger charge is 2.62. The van der Waals surface area contributed by atoms with Gasteiger partial charge in [0.25, 0.3) is 17.6 Å². The summed E-state index contributed by atoms with van der Waals surface area (Å²) in [4.78, 5) is 32.6. The molecule has 0 saturated carbocycles. The quantitative estimate of drug-likeness (QED) is 0.142. The van der Waals surface area contributed by atoms with Crippen molar-refractivity contribution in [1.29, 1.82) is 0 Å². The lowest BCUT2D eigenvalue weighted by Gasteiger charge is -2.32. The fourth-order valence-electron chi connectivity index (χ4n) is 5.07. The molecule has 12 nitrogen and oxygen atoms in total. The summed E-state index contributed by atoms with van der Waals surface area (Å²) < 4.78 is 67.2. The van der Waals surface area contributed by atoms with Crippen LogP contribution < -0.4 is 16.4 Å². The molecule has 0 saturated heterocycles. The highest BCUT2D eigenvalue weighted by Crippen LogP contribution is 2.42. The number of pyridine rings is 1. The van der Waals surface area contributed by atoms with Gasteiger partial charge in [0.05, 0.1) is 22.0 Å². The Kier molecular flexibility index (Phi) is 10.8. The van der Waals surface area contributed by atoms with Gasteiger partial charge >= 0.3 is 12.1 Å². The van der Waals surface area contributed by atoms with Crippen LogP contribution in [0.15, 0.2) is 43.1 Å². The van der Waals surface area contributed by atoms with E-state index in [1.54, 1.807) is 6.07 Å². The normalized spacial score (nSPS) is 12.2. The number of halogens is 6. The first-order valence-corrected chi connectivity index (χ1v) is 15.6. The molecule has 262 valence electrons. The van der Waals surface area contributed by atoms with E-state index >= 15 is 0 Å². The molecule has 0 spiro atoms. The average molecular weight is 709 g/mol. The standard InChI is InChI=1S/C31H34ClF5N10O2/c1-6-18-13-19(17(5)38)14-21(26(48)41-29(7-2,8-3)9-4)24(18)40-27(49)23-15-20(43-47(23)25-22(32)11-10-12-39-25)16-46-44-28(42-45-46)30(33,34)31(35,36)37/h10-15H,5-9,16,38H2,1-4H3,(H,40,49)(H,41,48). The Balaban J connectivity index is 1.80. The molecule has 3 aromatic heterocycles. The van der Waals surface area contributed by atoms with Crippen molar-refractivity contribution in [1.82, 2.24) is 40.3 Å². The summed E-state index contributed by atoms with van der Waals surface area (Å²) >= 11 is 6.37. The number of benzene rings is 1. The molecule has 0 aliphatic carbocycles. The van der Waals surface area contributed by atoms with Crippen molar-refractivity contribution in [2.75, 3.05) is 5.32 Å². The maximum atomic E-state index is 14.1. The Hall–Kier alpha value is -4.93. The van der Waals surface area contributed by atoms with Crippen molar-refractivity contribution in [3.05, 3.63) is 82.0 Å². The van der Waals surface area contributed by atoms with Gasteiger partial charge in [0.1, 0.15) is 12.2 Å². The number of aromatic nitrogens is 7. The van der Waals surface area contributed by atoms with Crippen molar-refractivity contribution < 1.29 is 31.5 Å². The number of anilines is 1. The number of carbonyl (C=O) groups excluding carboxylic acids is 2. The first kappa shape index (κ1) is 36.9. The Morgan fingerprint density at radius 3 is 2.24 bits per heavy atom. The van der Waals surface area contributed by atoms with E-state index in [0.717, 1.165) is 4.68 Å². The molecule has 0 atom stereocenters. The van der Waals surface area contributed by atoms with Gasteiger partial charge < -0.3 is 16.4 Å². The van der Waals surface area contributed by atoms with Gasteiger partial charge in [-0.25, -0.2) is 9.67 Å². The lowest BCUT2D eigenvalue weighted by atomic mass is 9.89. The lowest BCUT2D eigenvalue weighted by molar-refractivity contribution is -0.292. The number of amides is 2. The number of nitrogens with zero attached hydrogens (tertiary/aromatic N) is 7. The predicted molar refractivity (Wildman–Crippen MR) is 171 cm³/mol. The first-order valence-electron chi connectivity index (χ1n) is 15.2. The minimum Gasteiger partial charge on any atom is -0.399 e. The molecule has 49 heavy (non-hydrogen) atoms. The van der Waals surface area contributed by atoms with Crippen molar-refractivity contribution in [3.8, 4) is 5.82 Å². The number of carbonyl (C=O) groups is 2. The Morgan fingerprint density at radius 2 is 1.67 bits per heavy atom. The Labute approximate surface area is 282 Å². The molecular weight excluding hydrogens is 675 g/mol. The molecule has 18 heteroatoms. The minimum absolute atomic E-state index is 0.00140. The molecule has 4 rings (SSSR count). The summed E-state index contributed by atoms with van der Waals surface area (Å²) in [5.74, 6) is -8.45. The molecule has 2 amide bonds. The van der Waals surface area contributed by atoms with Gasteiger partial charge in [0.15, 0.2) is 5.82 Å². The topological polar surface area (TPSA) is 159 Å². The molecule has 1 aromatic carbocycles. The fourth-order valence-corrected chi connectivity index (χ4v) is 5.27. The largest absolute Gasteiger partial charge is 0.461 e. The summed E-state index contributed by atoms with van der Waals surface area (Å²) in [5.41, 5.74) is 6.83. The second kappa shape index (κ2) is 14.3. The van der Waals surface area contributed by atoms with Crippen LogP contribution >= 0.6 is 11.6 Å². The minimum atomic E-state index is -5.95. The second-order valence-electron chi connectivity index (χ2n) is 11.1. The van der Waals surface area contributed by atoms with Gasteiger partial charge in [-0.2, -0.15) is 31.8 Å². The monoisotopic (exact) mass is 708 g/mol. The van der Waals surface area contributed by atoms with Crippen LogP contribution in [0.1, 0.15) is 90.4 Å². The second-order valence-corrected chi connectivity index (χ2v) is 11.6. The zero-order valence-corrected chi connectivity index (χ0v) is 27.8. The molecule has 3 heterocycles. The zero-order chi connectivity index (χ0) is 36.3. The Bertz CT molecular complexity index is 1860. The van der Waals surface area contributed by atoms with Crippen LogP contribution in [0.2, 0.25) is 5.02 Å². The summed E-state index contributed by atoms with van der Waals surface area (Å²) in [6.45, 7) is 10.9. The van der Waals surface area contributed by atoms with Gasteiger partial charge in [-0.15, -0.1) is 10.2 Å². The van der Waals surface area contributed by atoms with Crippen molar-refractivity contribution in [2.24, 2.45) is 5.73 Å². The summed E-state index contributed by atoms with van der Waals surface area (Å²) in [6, 6.07) is 7.47. The zero-order valence-electron chi connectivity index (χ0n) is 27.0. The third kappa shape index (κ3) is 7.55. The number of hydrogen-bond donors (Lipinski definition) is 3. The molecule has 4 N–H and O–H groups in total. The summed E-state index contributed by atoms with van der Waals surface area (Å²) in [7, 11) is 0. The third-order valence-corrected chi connectivity index (χ3v) is 8.48. The number of hydrogen-bond acceptors (Lipinski definition) is 8. The number of nitrogens with two attached hydrogens (primary N) is 1. The third-order valence-electron chi connectivity index (χ3n) is 8.19. The Morgan fingerprint density at radius 1 is 1.00 bits per heavy atom. The van der Waals surface area contributed by atoms with Crippen molar-refractivity contribution in [2.45, 2.75) is 77.6 Å². The van der Waals surface area contributed by atoms with E-state index in [4.69, 9.17) is 17.3 Å². The highest BCUT2D eigenvalue weighted by molar-refractivity contribution is 6.32. The maximum absolute atomic E-state index is 14.1. The van der Waals surface area contributed by atoms with Crippen LogP contribution in [0.3, 0.4) is 0 Å². The van der Waals surface area contributed by atoms with Gasteiger partial charge in [-0.1, -0.05) is 45.9 Å². The van der Waals surface area contributed by atoms with Crippen molar-refractivity contribution in [3.63, 3.8) is 0 Å². The average Bonchev–Trinajstić information content (AvgIpc) is 3.71. The molecular formula is C31H34ClF5N10O2. The van der Waals surface area contributed by atoms with E-state index < -0.39 is 41.8 Å². The molecule has 0 unspecified atom stereocenters. The molecule has 0 aliphatic rings. The molecule has 0 fully saturated rings. The number of rotatable bonds is 13. The van der Waals surface area contributed by atoms with E-state index in [1.165, 1.54) is 30.5 Å². The number of tetrazole rings is 1. The van der Waals surface area contributed by atoms with Crippen LogP contribution in [-0.2, 0) is 18.9 Å². The number of nitrogens with one attached hydrogen (secondary N) is 2. The van der Waals surface area contributed by atoms with Gasteiger partial charge in [0.2, 0.25) is 0 Å². The number of alkyl halides is 5. The van der Waals surface area contributed by atoms with E-state index in [9.17, 15) is 31.5 Å². The maximum Gasteiger partial charge on any atom is 0.461 e. The van der Waals surface area contributed by atoms with Crippen LogP contribution in [0.25, 0.3) is 11.5 Å². The van der Waals surface area contributed by atoms with E-state index in [0.29, 0.717) is 41.6 Å². The van der Waals surface area contributed by atoms with E-state index in [-0.39, 0.29) is 39.2 Å². The lowest BCUT2D eigenvalue weighted by Crippen LogP contribution is -2.47. The summed E-state index contributed by atoms with van der Waals surface area (Å²) in [5, 5.41) is 19.6. The van der Waals surface area contributed by atoms with E-state index in [1.807, 2.05) is 27.7 Å². The smallest absolute Gasteiger partial charge is 0.399 e. The predicted octanol–water partition coefficient (Wildman–Crippen LogP) is 6.05. The highest BCUT2D eigenvalue weighted by atomic mass is 35.5. The molecule has 4 aromatic rings. The van der Waals surface area contributed by atoms with Crippen molar-refractivity contribution >= 4 is 34.8 Å². The first-order chi connectivity index (χ1) is 23.0. The van der Waals surface area contributed by atoms with Gasteiger partial charge in [-0.05, 0) is 72.4 Å². The van der Waals surface area contributed by atoms with Crippen LogP contribution in [0.4, 0.5) is 27.6 Å². The molecule has 0 bridgehead atoms. The van der Waals surface area contributed by atoms with Crippen LogP contribution in [0.5, 0.6) is 0 Å². The molecule has 0 radical (unpaired) electrons. The van der Waals surface area contributed by atoms with Gasteiger partial charge in [-0.3, -0.25) is 9.59 Å². The SMILES string of the molecule is C=C(N)c1cc(CC)c(NC(=O)c2cc(Cn3nnc(C(F)(F)C(F)(F)F)n3)nn2-c2ncccc2Cl)c(C(=O)NC(CC)(CC)CC)c1.